The Morgan fingerprint density at radius 1 is 0.862 bits per heavy atom. The Kier molecular flexibility index (Phi) is 7.84. The van der Waals surface area contributed by atoms with Crippen molar-refractivity contribution in [1.29, 1.82) is 0 Å². The van der Waals surface area contributed by atoms with Gasteiger partial charge in [0, 0.05) is 22.5 Å². The highest BCUT2D eigenvalue weighted by atomic mass is 32.2. The zero-order valence-electron chi connectivity index (χ0n) is 17.5. The van der Waals surface area contributed by atoms with Gasteiger partial charge in [0.25, 0.3) is 11.8 Å². The van der Waals surface area contributed by atoms with Crippen LogP contribution in [0.1, 0.15) is 66.9 Å². The minimum atomic E-state index is -1.21. The van der Waals surface area contributed by atoms with E-state index in [9.17, 15) is 14.1 Å². The molecular formula is C22H29N3O3S. The van der Waals surface area contributed by atoms with Gasteiger partial charge in [0.05, 0.1) is 6.04 Å². The molecule has 2 atom stereocenters. The van der Waals surface area contributed by atoms with Crippen LogP contribution in [-0.2, 0) is 11.4 Å². The van der Waals surface area contributed by atoms with Crippen molar-refractivity contribution < 1.29 is 14.1 Å². The molecule has 0 aromatic heterocycles. The molecule has 0 heterocycles. The third kappa shape index (κ3) is 6.59. The zero-order valence-corrected chi connectivity index (χ0v) is 18.3. The first-order valence-electron chi connectivity index (χ1n) is 9.53. The van der Waals surface area contributed by atoms with Crippen LogP contribution in [0.5, 0.6) is 0 Å². The monoisotopic (exact) mass is 415 g/mol. The van der Waals surface area contributed by atoms with Crippen molar-refractivity contribution in [3.63, 3.8) is 0 Å². The van der Waals surface area contributed by atoms with Gasteiger partial charge in [-0.2, -0.15) is 0 Å². The summed E-state index contributed by atoms with van der Waals surface area (Å²) in [5.41, 5.74) is 6.65. The Bertz CT molecular complexity index is 817. The van der Waals surface area contributed by atoms with Gasteiger partial charge in [0.2, 0.25) is 0 Å². The molecule has 2 aromatic rings. The Labute approximate surface area is 175 Å². The number of rotatable bonds is 6. The summed E-state index contributed by atoms with van der Waals surface area (Å²) in [4.78, 5) is 24.3. The van der Waals surface area contributed by atoms with E-state index in [0.29, 0.717) is 11.1 Å². The maximum Gasteiger partial charge on any atom is 0.269 e. The van der Waals surface area contributed by atoms with E-state index in [2.05, 4.69) is 29.4 Å². The summed E-state index contributed by atoms with van der Waals surface area (Å²) in [5.74, 6) is -0.580. The number of nitrogens with one attached hydrogen (secondary N) is 3. The van der Waals surface area contributed by atoms with Gasteiger partial charge in [-0.3, -0.25) is 20.4 Å². The molecule has 0 radical (unpaired) electrons. The summed E-state index contributed by atoms with van der Waals surface area (Å²) < 4.78 is 15.3. The van der Waals surface area contributed by atoms with Crippen molar-refractivity contribution in [2.45, 2.75) is 45.4 Å². The lowest BCUT2D eigenvalue weighted by Gasteiger charge is -2.30. The first kappa shape index (κ1) is 22.9. The Balaban J connectivity index is 2.02. The highest BCUT2D eigenvalue weighted by Crippen LogP contribution is 2.26. The number of amides is 2. The highest BCUT2D eigenvalue weighted by molar-refractivity contribution is 7.90. The van der Waals surface area contributed by atoms with Gasteiger partial charge in [-0.25, -0.2) is 0 Å². The van der Waals surface area contributed by atoms with Gasteiger partial charge >= 0.3 is 0 Å². The molecule has 7 heteroatoms. The first-order chi connectivity index (χ1) is 13.6. The lowest BCUT2D eigenvalue weighted by atomic mass is 9.96. The van der Waals surface area contributed by atoms with Crippen molar-refractivity contribution >= 4 is 23.2 Å². The van der Waals surface area contributed by atoms with Crippen LogP contribution in [0.25, 0.3) is 0 Å². The summed E-state index contributed by atoms with van der Waals surface area (Å²) in [6, 6.07) is 15.6. The molecule has 0 fully saturated rings. The molecule has 2 amide bonds. The molecule has 0 aliphatic rings. The minimum absolute atomic E-state index is 0.107. The number of carbonyl (C=O) groups is 2. The second kappa shape index (κ2) is 9.91. The summed E-state index contributed by atoms with van der Waals surface area (Å²) in [6.07, 6.45) is 0. The molecule has 2 rings (SSSR count). The topological polar surface area (TPSA) is 93.3 Å². The van der Waals surface area contributed by atoms with Crippen LogP contribution in [-0.4, -0.2) is 21.1 Å². The minimum Gasteiger partial charge on any atom is -0.598 e. The fraction of sp³-hybridized carbons (Fsp3) is 0.364. The molecule has 156 valence electrons. The summed E-state index contributed by atoms with van der Waals surface area (Å²) in [7, 11) is 0. The second-order valence-electron chi connectivity index (χ2n) is 8.12. The van der Waals surface area contributed by atoms with Gasteiger partial charge < -0.3 is 4.55 Å². The summed E-state index contributed by atoms with van der Waals surface area (Å²) in [5, 5.41) is 0. The maximum atomic E-state index is 12.5. The Morgan fingerprint density at radius 2 is 1.34 bits per heavy atom. The van der Waals surface area contributed by atoms with Crippen LogP contribution in [0, 0.1) is 5.92 Å². The predicted octanol–water partition coefficient (Wildman–Crippen LogP) is 3.51. The van der Waals surface area contributed by atoms with Crippen LogP contribution >= 0.6 is 0 Å². The fourth-order valence-corrected chi connectivity index (χ4v) is 3.56. The highest BCUT2D eigenvalue weighted by Gasteiger charge is 2.31. The molecule has 6 nitrogen and oxygen atoms in total. The van der Waals surface area contributed by atoms with Gasteiger partial charge in [-0.1, -0.05) is 44.2 Å². The predicted molar refractivity (Wildman–Crippen MR) is 116 cm³/mol. The van der Waals surface area contributed by atoms with Crippen molar-refractivity contribution in [1.82, 2.24) is 15.6 Å². The Hall–Kier alpha value is -2.35. The van der Waals surface area contributed by atoms with Crippen LogP contribution in [0.3, 0.4) is 0 Å². The number of carbonyl (C=O) groups excluding carboxylic acids is 2. The lowest BCUT2D eigenvalue weighted by Crippen LogP contribution is -2.42. The zero-order chi connectivity index (χ0) is 21.6. The van der Waals surface area contributed by atoms with Crippen LogP contribution in [0.4, 0.5) is 0 Å². The molecule has 3 N–H and O–H groups in total. The van der Waals surface area contributed by atoms with E-state index in [-0.39, 0.29) is 22.6 Å². The first-order valence-corrected chi connectivity index (χ1v) is 10.7. The molecule has 0 unspecified atom stereocenters. The van der Waals surface area contributed by atoms with Crippen molar-refractivity contribution in [3.8, 4) is 0 Å². The third-order valence-electron chi connectivity index (χ3n) is 4.31. The average molecular weight is 416 g/mol. The van der Waals surface area contributed by atoms with E-state index in [1.807, 2.05) is 39.0 Å². The fourth-order valence-electron chi connectivity index (χ4n) is 2.57. The maximum absolute atomic E-state index is 12.5. The molecule has 0 aliphatic carbocycles. The van der Waals surface area contributed by atoms with Gasteiger partial charge in [-0.05, 0) is 56.5 Å². The largest absolute Gasteiger partial charge is 0.598 e. The summed E-state index contributed by atoms with van der Waals surface area (Å²) in [6.45, 7) is 9.87. The van der Waals surface area contributed by atoms with E-state index in [0.717, 1.165) is 5.56 Å². The van der Waals surface area contributed by atoms with Crippen LogP contribution in [0.15, 0.2) is 54.6 Å². The number of hydrogen-bond acceptors (Lipinski definition) is 4. The number of benzene rings is 2. The van der Waals surface area contributed by atoms with Gasteiger partial charge in [-0.15, -0.1) is 4.72 Å². The van der Waals surface area contributed by atoms with Gasteiger partial charge in [0.15, 0.2) is 0 Å². The summed E-state index contributed by atoms with van der Waals surface area (Å²) >= 11 is -1.21. The normalized spacial score (nSPS) is 13.6. The Morgan fingerprint density at radius 3 is 1.79 bits per heavy atom. The van der Waals surface area contributed by atoms with Crippen LogP contribution in [0.2, 0.25) is 0 Å². The van der Waals surface area contributed by atoms with Crippen molar-refractivity contribution in [3.05, 3.63) is 71.3 Å². The number of hydrazine groups is 1. The molecule has 0 bridgehead atoms. The third-order valence-corrected chi connectivity index (χ3v) is 5.89. The van der Waals surface area contributed by atoms with Crippen LogP contribution < -0.4 is 15.6 Å². The molecular weight excluding hydrogens is 386 g/mol. The van der Waals surface area contributed by atoms with Gasteiger partial charge in [0.1, 0.15) is 4.75 Å². The molecule has 0 saturated heterocycles. The lowest BCUT2D eigenvalue weighted by molar-refractivity contribution is 0.0846. The van der Waals surface area contributed by atoms with E-state index >= 15 is 0 Å². The molecule has 0 saturated carbocycles. The van der Waals surface area contributed by atoms with E-state index in [1.54, 1.807) is 36.4 Å². The quantitative estimate of drug-likeness (QED) is 0.497. The van der Waals surface area contributed by atoms with E-state index in [4.69, 9.17) is 0 Å². The van der Waals surface area contributed by atoms with E-state index < -0.39 is 17.3 Å². The second-order valence-corrected chi connectivity index (χ2v) is 10.1. The van der Waals surface area contributed by atoms with Crippen molar-refractivity contribution in [2.75, 3.05) is 0 Å². The average Bonchev–Trinajstić information content (AvgIpc) is 2.69. The molecule has 2 aromatic carbocycles. The number of hydrogen-bond donors (Lipinski definition) is 3. The van der Waals surface area contributed by atoms with E-state index in [1.165, 1.54) is 0 Å². The smallest absolute Gasteiger partial charge is 0.269 e. The SMILES string of the molecule is CC(C)[C@H](N[S@@+]([O-])C(C)(C)C)c1ccc(C(=O)NNC(=O)c2ccccc2)cc1. The standard InChI is InChI=1S/C22H29N3O3S/c1-15(2)19(25-29(28)22(3,4)5)16-11-13-18(14-12-16)21(27)24-23-20(26)17-9-7-6-8-10-17/h6-15,19,25H,1-5H3,(H,23,26)(H,24,27)/t19-,29-/m0/s1. The molecule has 0 spiro atoms. The van der Waals surface area contributed by atoms with Crippen molar-refractivity contribution in [2.24, 2.45) is 5.92 Å². The molecule has 29 heavy (non-hydrogen) atoms. The molecule has 0 aliphatic heterocycles.